The van der Waals surface area contributed by atoms with Crippen LogP contribution < -0.4 is 9.47 Å². The molecule has 1 heterocycles. The summed E-state index contributed by atoms with van der Waals surface area (Å²) in [5.74, 6) is -0.0806. The first-order valence-corrected chi connectivity index (χ1v) is 15.0. The molecule has 0 aliphatic carbocycles. The molecule has 5 rings (SSSR count). The fraction of sp³-hybridized carbons (Fsp3) is 0.250. The molecule has 43 heavy (non-hydrogen) atoms. The molecule has 4 aromatic carbocycles. The van der Waals surface area contributed by atoms with E-state index in [0.29, 0.717) is 34.6 Å². The molecule has 1 N–H and O–H groups in total. The van der Waals surface area contributed by atoms with Crippen LogP contribution in [-0.4, -0.2) is 24.3 Å². The lowest BCUT2D eigenvalue weighted by atomic mass is 9.74. The summed E-state index contributed by atoms with van der Waals surface area (Å²) in [4.78, 5) is 11.5. The first-order chi connectivity index (χ1) is 20.8. The molecule has 4 atom stereocenters. The van der Waals surface area contributed by atoms with Gasteiger partial charge in [-0.15, -0.1) is 0 Å². The molecular weight excluding hydrogens is 583 g/mol. The van der Waals surface area contributed by atoms with Gasteiger partial charge >= 0.3 is 5.97 Å². The monoisotopic (exact) mass is 616 g/mol. The van der Waals surface area contributed by atoms with Gasteiger partial charge in [0.05, 0.1) is 18.8 Å². The van der Waals surface area contributed by atoms with E-state index in [0.717, 1.165) is 28.7 Å². The Balaban J connectivity index is 1.47. The summed E-state index contributed by atoms with van der Waals surface area (Å²) in [7, 11) is 0. The highest BCUT2D eigenvalue weighted by molar-refractivity contribution is 6.30. The van der Waals surface area contributed by atoms with Gasteiger partial charge in [-0.3, -0.25) is 0 Å². The summed E-state index contributed by atoms with van der Waals surface area (Å²) in [6, 6.07) is 31.3. The molecule has 0 bridgehead atoms. The maximum atomic E-state index is 11.5. The van der Waals surface area contributed by atoms with Crippen LogP contribution in [0.1, 0.15) is 53.7 Å². The van der Waals surface area contributed by atoms with Gasteiger partial charge < -0.3 is 19.3 Å². The largest absolute Gasteiger partial charge is 0.493 e. The number of carboxylic acid groups (broad SMARTS) is 1. The summed E-state index contributed by atoms with van der Waals surface area (Å²) in [5.41, 5.74) is 4.97. The number of benzene rings is 4. The van der Waals surface area contributed by atoms with Gasteiger partial charge in [-0.05, 0) is 66.4 Å². The minimum Gasteiger partial charge on any atom is -0.493 e. The Kier molecular flexibility index (Phi) is 10.1. The summed E-state index contributed by atoms with van der Waals surface area (Å²) >= 11 is 12.4. The Morgan fingerprint density at radius 2 is 1.63 bits per heavy atom. The summed E-state index contributed by atoms with van der Waals surface area (Å²) in [6.07, 6.45) is 0.729. The van der Waals surface area contributed by atoms with Crippen molar-refractivity contribution < 1.29 is 24.1 Å². The molecule has 0 unspecified atom stereocenters. The third-order valence-electron chi connectivity index (χ3n) is 7.79. The second-order valence-electron chi connectivity index (χ2n) is 10.8. The van der Waals surface area contributed by atoms with Crippen molar-refractivity contribution in [3.63, 3.8) is 0 Å². The van der Waals surface area contributed by atoms with E-state index in [1.807, 2.05) is 85.8 Å². The van der Waals surface area contributed by atoms with E-state index in [1.54, 1.807) is 6.07 Å². The van der Waals surface area contributed by atoms with E-state index < -0.39 is 18.7 Å². The molecule has 1 saturated heterocycles. The summed E-state index contributed by atoms with van der Waals surface area (Å²) in [5, 5.41) is 10.7. The molecular formula is C36H34Cl2O5. The van der Waals surface area contributed by atoms with Gasteiger partial charge in [0.2, 0.25) is 0 Å². The van der Waals surface area contributed by atoms with Gasteiger partial charge in [-0.2, -0.15) is 0 Å². The second kappa shape index (κ2) is 14.1. The van der Waals surface area contributed by atoms with Crippen LogP contribution in [0.5, 0.6) is 11.5 Å². The molecule has 4 aromatic rings. The van der Waals surface area contributed by atoms with Gasteiger partial charge in [0.15, 0.2) is 6.61 Å². The van der Waals surface area contributed by atoms with Crippen molar-refractivity contribution in [3.05, 3.63) is 142 Å². The van der Waals surface area contributed by atoms with Crippen molar-refractivity contribution in [2.75, 3.05) is 13.2 Å². The SMILES string of the molecule is C=C(C)[C@H]1C[C@H](c2ccccc2)[C@H](c2cccc(Cl)c2)O[C@@H]1c1ccc(OCCc2ccc(Cl)cc2)cc1OCC(=O)O. The van der Waals surface area contributed by atoms with Crippen molar-refractivity contribution in [1.82, 2.24) is 0 Å². The van der Waals surface area contributed by atoms with Gasteiger partial charge in [-0.25, -0.2) is 4.79 Å². The van der Waals surface area contributed by atoms with E-state index in [-0.39, 0.29) is 17.9 Å². The maximum absolute atomic E-state index is 11.5. The average molecular weight is 618 g/mol. The number of carboxylic acids is 1. The quantitative estimate of drug-likeness (QED) is 0.170. The number of ether oxygens (including phenoxy) is 3. The molecule has 1 fully saturated rings. The molecule has 7 heteroatoms. The molecule has 1 aliphatic heterocycles. The van der Waals surface area contributed by atoms with Gasteiger partial charge in [-0.1, -0.05) is 90.0 Å². The Labute approximate surface area is 262 Å². The highest BCUT2D eigenvalue weighted by Crippen LogP contribution is 2.53. The Bertz CT molecular complexity index is 1550. The molecule has 0 spiro atoms. The van der Waals surface area contributed by atoms with Crippen molar-refractivity contribution in [2.24, 2.45) is 5.92 Å². The van der Waals surface area contributed by atoms with Crippen molar-refractivity contribution >= 4 is 29.2 Å². The molecule has 0 aromatic heterocycles. The molecule has 5 nitrogen and oxygen atoms in total. The van der Waals surface area contributed by atoms with Crippen molar-refractivity contribution in [3.8, 4) is 11.5 Å². The van der Waals surface area contributed by atoms with Crippen molar-refractivity contribution in [2.45, 2.75) is 37.9 Å². The Morgan fingerprint density at radius 3 is 2.33 bits per heavy atom. The van der Waals surface area contributed by atoms with Crippen LogP contribution >= 0.6 is 23.2 Å². The third kappa shape index (κ3) is 7.80. The molecule has 0 radical (unpaired) electrons. The van der Waals surface area contributed by atoms with Gasteiger partial charge in [0.1, 0.15) is 11.5 Å². The third-order valence-corrected chi connectivity index (χ3v) is 8.27. The lowest BCUT2D eigenvalue weighted by Crippen LogP contribution is -2.32. The van der Waals surface area contributed by atoms with E-state index in [9.17, 15) is 9.90 Å². The standard InChI is InChI=1S/C36H34Cl2O5/c1-23(2)31-21-32(25-7-4-3-5-8-25)35(26-9-6-10-28(38)19-26)43-36(31)30-16-15-29(20-33(30)42-22-34(39)40)41-18-17-24-11-13-27(37)14-12-24/h3-16,19-20,31-32,35-36H,1,17-18,21-22H2,2H3,(H,39,40)/t31-,32-,35+,36-/m1/s1. The zero-order chi connectivity index (χ0) is 30.3. The first kappa shape index (κ1) is 30.7. The fourth-order valence-electron chi connectivity index (χ4n) is 5.67. The Hall–Kier alpha value is -3.77. The van der Waals surface area contributed by atoms with Gasteiger partial charge in [0.25, 0.3) is 0 Å². The molecule has 222 valence electrons. The predicted octanol–water partition coefficient (Wildman–Crippen LogP) is 9.26. The predicted molar refractivity (Wildman–Crippen MR) is 170 cm³/mol. The number of aliphatic carboxylic acids is 1. The van der Waals surface area contributed by atoms with E-state index >= 15 is 0 Å². The fourth-order valence-corrected chi connectivity index (χ4v) is 5.99. The number of halogens is 2. The minimum atomic E-state index is -1.07. The van der Waals surface area contributed by atoms with Crippen LogP contribution in [-0.2, 0) is 16.0 Å². The number of rotatable bonds is 11. The summed E-state index contributed by atoms with van der Waals surface area (Å²) in [6.45, 7) is 6.27. The van der Waals surface area contributed by atoms with Gasteiger partial charge in [0, 0.05) is 39.9 Å². The van der Waals surface area contributed by atoms with E-state index in [4.69, 9.17) is 37.4 Å². The van der Waals surface area contributed by atoms with Crippen LogP contribution in [0, 0.1) is 5.92 Å². The maximum Gasteiger partial charge on any atom is 0.341 e. The zero-order valence-corrected chi connectivity index (χ0v) is 25.4. The topological polar surface area (TPSA) is 65.0 Å². The second-order valence-corrected chi connectivity index (χ2v) is 11.7. The molecule has 0 saturated carbocycles. The normalized spacial score (nSPS) is 19.9. The lowest BCUT2D eigenvalue weighted by Gasteiger charge is -2.43. The van der Waals surface area contributed by atoms with Crippen molar-refractivity contribution in [1.29, 1.82) is 0 Å². The number of hydrogen-bond acceptors (Lipinski definition) is 4. The zero-order valence-electron chi connectivity index (χ0n) is 23.9. The van der Waals surface area contributed by atoms with Crippen LogP contribution in [0.25, 0.3) is 0 Å². The van der Waals surface area contributed by atoms with Crippen LogP contribution in [0.15, 0.2) is 109 Å². The van der Waals surface area contributed by atoms with E-state index in [2.05, 4.69) is 18.7 Å². The first-order valence-electron chi connectivity index (χ1n) is 14.3. The Morgan fingerprint density at radius 1 is 0.884 bits per heavy atom. The van der Waals surface area contributed by atoms with Crippen LogP contribution in [0.4, 0.5) is 0 Å². The molecule has 0 amide bonds. The molecule has 1 aliphatic rings. The minimum absolute atomic E-state index is 0.0514. The highest BCUT2D eigenvalue weighted by Gasteiger charge is 2.41. The number of carbonyl (C=O) groups is 1. The number of hydrogen-bond donors (Lipinski definition) is 1. The smallest absolute Gasteiger partial charge is 0.341 e. The summed E-state index contributed by atoms with van der Waals surface area (Å²) < 4.78 is 18.9. The van der Waals surface area contributed by atoms with E-state index in [1.165, 1.54) is 5.56 Å². The highest BCUT2D eigenvalue weighted by atomic mass is 35.5. The van der Waals surface area contributed by atoms with Crippen LogP contribution in [0.2, 0.25) is 10.0 Å². The van der Waals surface area contributed by atoms with Crippen LogP contribution in [0.3, 0.4) is 0 Å². The average Bonchev–Trinajstić information content (AvgIpc) is 3.01. The lowest BCUT2D eigenvalue weighted by molar-refractivity contribution is -0.139.